The highest BCUT2D eigenvalue weighted by Crippen LogP contribution is 2.20. The van der Waals surface area contributed by atoms with E-state index < -0.39 is 5.97 Å². The van der Waals surface area contributed by atoms with Crippen LogP contribution in [0.5, 0.6) is 0 Å². The average molecular weight is 312 g/mol. The van der Waals surface area contributed by atoms with Crippen molar-refractivity contribution in [1.29, 1.82) is 0 Å². The monoisotopic (exact) mass is 311 g/mol. The van der Waals surface area contributed by atoms with Gasteiger partial charge in [0.1, 0.15) is 0 Å². The predicted octanol–water partition coefficient (Wildman–Crippen LogP) is 2.25. The number of urea groups is 1. The molecule has 0 radical (unpaired) electrons. The number of amides is 2. The van der Waals surface area contributed by atoms with E-state index in [1.807, 2.05) is 7.05 Å². The van der Waals surface area contributed by atoms with Crippen LogP contribution in [-0.4, -0.2) is 48.2 Å². The molecule has 2 rings (SSSR count). The summed E-state index contributed by atoms with van der Waals surface area (Å²) in [4.78, 5) is 25.1. The maximum absolute atomic E-state index is 11.9. The number of anilines is 1. The van der Waals surface area contributed by atoms with Crippen molar-refractivity contribution in [3.8, 4) is 0 Å². The molecule has 1 unspecified atom stereocenters. The second kappa shape index (κ2) is 6.78. The van der Waals surface area contributed by atoms with E-state index in [0.717, 1.165) is 25.9 Å². The normalized spacial score (nSPS) is 19.0. The highest BCUT2D eigenvalue weighted by atomic mass is 35.5. The molecule has 1 heterocycles. The molecule has 1 fully saturated rings. The zero-order valence-corrected chi connectivity index (χ0v) is 12.5. The molecule has 1 aliphatic heterocycles. The maximum Gasteiger partial charge on any atom is 0.337 e. The van der Waals surface area contributed by atoms with Gasteiger partial charge in [0.2, 0.25) is 0 Å². The second-order valence-electron chi connectivity index (χ2n) is 5.20. The van der Waals surface area contributed by atoms with Crippen molar-refractivity contribution in [2.45, 2.75) is 18.9 Å². The Labute approximate surface area is 128 Å². The largest absolute Gasteiger partial charge is 0.478 e. The zero-order chi connectivity index (χ0) is 15.4. The third-order valence-electron chi connectivity index (χ3n) is 3.41. The first-order valence-corrected chi connectivity index (χ1v) is 7.12. The molecule has 6 nitrogen and oxygen atoms in total. The van der Waals surface area contributed by atoms with Crippen LogP contribution in [-0.2, 0) is 0 Å². The minimum Gasteiger partial charge on any atom is -0.478 e. The fraction of sp³-hybridized carbons (Fsp3) is 0.429. The number of carboxylic acids is 1. The van der Waals surface area contributed by atoms with Crippen LogP contribution < -0.4 is 10.6 Å². The Kier molecular flexibility index (Phi) is 5.03. The van der Waals surface area contributed by atoms with Crippen LogP contribution in [0.15, 0.2) is 18.2 Å². The van der Waals surface area contributed by atoms with E-state index in [9.17, 15) is 9.59 Å². The molecule has 7 heteroatoms. The molecule has 114 valence electrons. The molecule has 0 saturated carbocycles. The number of piperidine rings is 1. The van der Waals surface area contributed by atoms with Gasteiger partial charge < -0.3 is 20.6 Å². The van der Waals surface area contributed by atoms with Crippen molar-refractivity contribution in [2.75, 3.05) is 25.5 Å². The number of carbonyl (C=O) groups is 2. The number of halogens is 1. The molecule has 0 aliphatic carbocycles. The SMILES string of the molecule is CN1CCCC(NC(=O)Nc2ccc(Cl)c(C(=O)O)c2)C1. The number of carbonyl (C=O) groups excluding carboxylic acids is 1. The first-order chi connectivity index (χ1) is 9.95. The standard InChI is InChI=1S/C14H18ClN3O3/c1-18-6-2-3-10(8-18)17-14(21)16-9-4-5-12(15)11(7-9)13(19)20/h4-5,7,10H,2-3,6,8H2,1H3,(H,19,20)(H2,16,17,21). The van der Waals surface area contributed by atoms with E-state index in [-0.39, 0.29) is 22.7 Å². The molecule has 3 N–H and O–H groups in total. The van der Waals surface area contributed by atoms with Gasteiger partial charge in [0.05, 0.1) is 10.6 Å². The van der Waals surface area contributed by atoms with Gasteiger partial charge in [-0.3, -0.25) is 0 Å². The Balaban J connectivity index is 1.96. The fourth-order valence-electron chi connectivity index (χ4n) is 2.40. The van der Waals surface area contributed by atoms with Gasteiger partial charge in [0.25, 0.3) is 0 Å². The third-order valence-corrected chi connectivity index (χ3v) is 3.74. The molecule has 0 aromatic heterocycles. The number of carboxylic acid groups (broad SMARTS) is 1. The number of nitrogens with zero attached hydrogens (tertiary/aromatic N) is 1. The smallest absolute Gasteiger partial charge is 0.337 e. The molecule has 2 amide bonds. The van der Waals surface area contributed by atoms with Crippen LogP contribution in [0.1, 0.15) is 23.2 Å². The summed E-state index contributed by atoms with van der Waals surface area (Å²) in [5.41, 5.74) is 0.366. The minimum atomic E-state index is -1.13. The lowest BCUT2D eigenvalue weighted by Crippen LogP contribution is -2.47. The van der Waals surface area contributed by atoms with E-state index in [4.69, 9.17) is 16.7 Å². The van der Waals surface area contributed by atoms with Crippen LogP contribution in [0.25, 0.3) is 0 Å². The van der Waals surface area contributed by atoms with E-state index in [1.54, 1.807) is 6.07 Å². The van der Waals surface area contributed by atoms with Crippen molar-refractivity contribution in [2.24, 2.45) is 0 Å². The summed E-state index contributed by atoms with van der Waals surface area (Å²) in [5.74, 6) is -1.13. The lowest BCUT2D eigenvalue weighted by Gasteiger charge is -2.30. The Morgan fingerprint density at radius 3 is 2.86 bits per heavy atom. The highest BCUT2D eigenvalue weighted by Gasteiger charge is 2.19. The Morgan fingerprint density at radius 2 is 2.19 bits per heavy atom. The van der Waals surface area contributed by atoms with Gasteiger partial charge in [-0.25, -0.2) is 9.59 Å². The topological polar surface area (TPSA) is 81.7 Å². The second-order valence-corrected chi connectivity index (χ2v) is 5.61. The van der Waals surface area contributed by atoms with Crippen LogP contribution in [0.4, 0.5) is 10.5 Å². The van der Waals surface area contributed by atoms with Gasteiger partial charge >= 0.3 is 12.0 Å². The molecule has 1 aromatic rings. The van der Waals surface area contributed by atoms with Crippen molar-refractivity contribution in [1.82, 2.24) is 10.2 Å². The molecular weight excluding hydrogens is 294 g/mol. The predicted molar refractivity (Wildman–Crippen MR) is 81.1 cm³/mol. The van der Waals surface area contributed by atoms with Gasteiger partial charge in [0, 0.05) is 18.3 Å². The average Bonchev–Trinajstić information content (AvgIpc) is 2.40. The molecule has 1 aromatic carbocycles. The lowest BCUT2D eigenvalue weighted by atomic mass is 10.1. The number of hydrogen-bond donors (Lipinski definition) is 3. The molecule has 0 spiro atoms. The summed E-state index contributed by atoms with van der Waals surface area (Å²) in [5, 5.41) is 14.7. The van der Waals surface area contributed by atoms with Gasteiger partial charge in [-0.05, 0) is 44.6 Å². The van der Waals surface area contributed by atoms with Gasteiger partial charge in [-0.2, -0.15) is 0 Å². The third kappa shape index (κ3) is 4.34. The quantitative estimate of drug-likeness (QED) is 0.799. The molecule has 1 atom stereocenters. The van der Waals surface area contributed by atoms with Crippen molar-refractivity contribution in [3.05, 3.63) is 28.8 Å². The summed E-state index contributed by atoms with van der Waals surface area (Å²) in [6.45, 7) is 1.85. The number of likely N-dealkylation sites (tertiary alicyclic amines) is 1. The summed E-state index contributed by atoms with van der Waals surface area (Å²) < 4.78 is 0. The van der Waals surface area contributed by atoms with E-state index in [0.29, 0.717) is 5.69 Å². The zero-order valence-electron chi connectivity index (χ0n) is 11.7. The summed E-state index contributed by atoms with van der Waals surface area (Å²) in [6.07, 6.45) is 1.99. The number of rotatable bonds is 3. The minimum absolute atomic E-state index is 0.0353. The summed E-state index contributed by atoms with van der Waals surface area (Å²) >= 11 is 5.78. The number of hydrogen-bond acceptors (Lipinski definition) is 3. The van der Waals surface area contributed by atoms with E-state index >= 15 is 0 Å². The van der Waals surface area contributed by atoms with Crippen molar-refractivity contribution >= 4 is 29.3 Å². The lowest BCUT2D eigenvalue weighted by molar-refractivity contribution is 0.0697. The summed E-state index contributed by atoms with van der Waals surface area (Å²) in [6, 6.07) is 4.14. The Bertz CT molecular complexity index is 550. The first kappa shape index (κ1) is 15.6. The van der Waals surface area contributed by atoms with Crippen LogP contribution in [0.3, 0.4) is 0 Å². The van der Waals surface area contributed by atoms with Gasteiger partial charge in [-0.1, -0.05) is 11.6 Å². The fourth-order valence-corrected chi connectivity index (χ4v) is 2.60. The molecular formula is C14H18ClN3O3. The van der Waals surface area contributed by atoms with Gasteiger partial charge in [0.15, 0.2) is 0 Å². The Morgan fingerprint density at radius 1 is 1.43 bits per heavy atom. The Hall–Kier alpha value is -1.79. The highest BCUT2D eigenvalue weighted by molar-refractivity contribution is 6.33. The molecule has 21 heavy (non-hydrogen) atoms. The van der Waals surface area contributed by atoms with Crippen molar-refractivity contribution in [3.63, 3.8) is 0 Å². The van der Waals surface area contributed by atoms with Gasteiger partial charge in [-0.15, -0.1) is 0 Å². The van der Waals surface area contributed by atoms with Crippen LogP contribution in [0, 0.1) is 0 Å². The van der Waals surface area contributed by atoms with E-state index in [1.165, 1.54) is 12.1 Å². The molecule has 0 bridgehead atoms. The number of aromatic carboxylic acids is 1. The van der Waals surface area contributed by atoms with Crippen LogP contribution >= 0.6 is 11.6 Å². The van der Waals surface area contributed by atoms with Crippen LogP contribution in [0.2, 0.25) is 5.02 Å². The number of likely N-dealkylation sites (N-methyl/N-ethyl adjacent to an activating group) is 1. The maximum atomic E-state index is 11.9. The first-order valence-electron chi connectivity index (χ1n) is 6.74. The molecule has 1 saturated heterocycles. The van der Waals surface area contributed by atoms with E-state index in [2.05, 4.69) is 15.5 Å². The summed E-state index contributed by atoms with van der Waals surface area (Å²) in [7, 11) is 2.02. The number of benzene rings is 1. The van der Waals surface area contributed by atoms with Crippen molar-refractivity contribution < 1.29 is 14.7 Å². The number of nitrogens with one attached hydrogen (secondary N) is 2. The molecule has 1 aliphatic rings.